The molecule has 0 amide bonds. The average molecular weight is 286 g/mol. The number of carboxylic acids is 1. The van der Waals surface area contributed by atoms with Crippen LogP contribution < -0.4 is 11.4 Å². The number of aliphatic carboxylic acids is 1. The lowest BCUT2D eigenvalue weighted by Crippen LogP contribution is -2.51. The molecule has 4 N–H and O–H groups in total. The van der Waals surface area contributed by atoms with Crippen molar-refractivity contribution in [3.05, 3.63) is 10.5 Å². The van der Waals surface area contributed by atoms with Crippen molar-refractivity contribution in [2.45, 2.75) is 36.4 Å². The van der Waals surface area contributed by atoms with Crippen molar-refractivity contribution in [3.63, 3.8) is 0 Å². The van der Waals surface area contributed by atoms with E-state index < -0.39 is 11.5 Å². The highest BCUT2D eigenvalue weighted by Crippen LogP contribution is 2.37. The van der Waals surface area contributed by atoms with Crippen molar-refractivity contribution in [2.75, 3.05) is 5.75 Å². The molecule has 0 bridgehead atoms. The number of hydrogen-bond donors (Lipinski definition) is 3. The summed E-state index contributed by atoms with van der Waals surface area (Å²) in [4.78, 5) is 22.4. The molecule has 0 saturated heterocycles. The van der Waals surface area contributed by atoms with Gasteiger partial charge in [-0.15, -0.1) is 5.10 Å². The molecule has 19 heavy (non-hydrogen) atoms. The molecule has 2 unspecified atom stereocenters. The maximum absolute atomic E-state index is 11.2. The minimum Gasteiger partial charge on any atom is -0.480 e. The van der Waals surface area contributed by atoms with Gasteiger partial charge in [-0.25, -0.2) is 9.89 Å². The zero-order valence-electron chi connectivity index (χ0n) is 10.8. The normalized spacial score (nSPS) is 26.7. The fourth-order valence-corrected chi connectivity index (χ4v) is 3.51. The first-order valence-corrected chi connectivity index (χ1v) is 7.20. The molecule has 8 heteroatoms. The lowest BCUT2D eigenvalue weighted by molar-refractivity contribution is -0.144. The van der Waals surface area contributed by atoms with E-state index in [9.17, 15) is 14.7 Å². The van der Waals surface area contributed by atoms with Crippen LogP contribution in [0.15, 0.2) is 9.95 Å². The Morgan fingerprint density at radius 1 is 1.74 bits per heavy atom. The summed E-state index contributed by atoms with van der Waals surface area (Å²) < 4.78 is 1.44. The van der Waals surface area contributed by atoms with Gasteiger partial charge < -0.3 is 10.8 Å². The molecular formula is C11H18N4O3S. The molecule has 1 aliphatic rings. The van der Waals surface area contributed by atoms with Gasteiger partial charge in [-0.3, -0.25) is 9.36 Å². The van der Waals surface area contributed by atoms with Crippen LogP contribution in [-0.2, 0) is 11.8 Å². The van der Waals surface area contributed by atoms with Crippen LogP contribution in [0.5, 0.6) is 0 Å². The van der Waals surface area contributed by atoms with E-state index in [1.165, 1.54) is 16.3 Å². The second-order valence-corrected chi connectivity index (χ2v) is 6.00. The summed E-state index contributed by atoms with van der Waals surface area (Å²) in [6.07, 6.45) is 2.97. The Bertz CT molecular complexity index is 526. The van der Waals surface area contributed by atoms with E-state index in [0.29, 0.717) is 23.8 Å². The lowest BCUT2D eigenvalue weighted by atomic mass is 9.86. The van der Waals surface area contributed by atoms with Crippen LogP contribution in [0.3, 0.4) is 0 Å². The highest BCUT2D eigenvalue weighted by atomic mass is 32.2. The number of nitrogens with zero attached hydrogens (tertiary/aromatic N) is 2. The monoisotopic (exact) mass is 286 g/mol. The third-order valence-corrected chi connectivity index (χ3v) is 4.87. The maximum Gasteiger partial charge on any atom is 0.343 e. The molecule has 2 rings (SSSR count). The average Bonchev–Trinajstić information content (AvgIpc) is 2.88. The van der Waals surface area contributed by atoms with Crippen LogP contribution in [0.1, 0.15) is 25.7 Å². The van der Waals surface area contributed by atoms with Crippen LogP contribution in [0.4, 0.5) is 0 Å². The summed E-state index contributed by atoms with van der Waals surface area (Å²) in [5.41, 5.74) is 4.64. The van der Waals surface area contributed by atoms with Crippen molar-refractivity contribution in [3.8, 4) is 0 Å². The Morgan fingerprint density at radius 3 is 3.05 bits per heavy atom. The number of thioether (sulfide) groups is 1. The number of nitrogens with two attached hydrogens (primary N) is 1. The number of carboxylic acid groups (broad SMARTS) is 1. The van der Waals surface area contributed by atoms with E-state index in [0.717, 1.165) is 12.8 Å². The van der Waals surface area contributed by atoms with Crippen LogP contribution in [0.25, 0.3) is 0 Å². The first-order chi connectivity index (χ1) is 8.95. The number of H-pyrrole nitrogens is 1. The molecule has 0 radical (unpaired) electrons. The number of carbonyl (C=O) groups is 1. The highest BCUT2D eigenvalue weighted by Gasteiger charge is 2.45. The van der Waals surface area contributed by atoms with E-state index in [1.54, 1.807) is 7.05 Å². The topological polar surface area (TPSA) is 114 Å². The summed E-state index contributed by atoms with van der Waals surface area (Å²) in [5, 5.41) is 16.1. The van der Waals surface area contributed by atoms with Gasteiger partial charge in [0.05, 0.1) is 0 Å². The number of nitrogens with one attached hydrogen (secondary N) is 1. The molecule has 1 fully saturated rings. The summed E-state index contributed by atoms with van der Waals surface area (Å²) in [5.74, 6) is -0.213. The molecule has 0 aliphatic heterocycles. The zero-order valence-corrected chi connectivity index (χ0v) is 11.6. The van der Waals surface area contributed by atoms with Crippen molar-refractivity contribution in [1.82, 2.24) is 14.8 Å². The fraction of sp³-hybridized carbons (Fsp3) is 0.727. The standard InChI is InChI=1S/C11H18N4O3S/c1-15-9(18)13-14-10(15)19-6-4-7-3-2-5-11(7,12)8(16)17/h7H,2-6,12H2,1H3,(H,13,18)(H,16,17). The van der Waals surface area contributed by atoms with E-state index >= 15 is 0 Å². The largest absolute Gasteiger partial charge is 0.480 e. The minimum atomic E-state index is -1.09. The van der Waals surface area contributed by atoms with Crippen molar-refractivity contribution >= 4 is 17.7 Å². The van der Waals surface area contributed by atoms with Gasteiger partial charge in [0.2, 0.25) is 0 Å². The van der Waals surface area contributed by atoms with Gasteiger partial charge in [0.25, 0.3) is 0 Å². The van der Waals surface area contributed by atoms with Gasteiger partial charge in [-0.2, -0.15) is 0 Å². The molecular weight excluding hydrogens is 268 g/mol. The summed E-state index contributed by atoms with van der Waals surface area (Å²) in [6.45, 7) is 0. The van der Waals surface area contributed by atoms with Gasteiger partial charge in [0.1, 0.15) is 5.54 Å². The Kier molecular flexibility index (Phi) is 4.00. The molecule has 2 atom stereocenters. The Balaban J connectivity index is 1.91. The summed E-state index contributed by atoms with van der Waals surface area (Å²) in [6, 6.07) is 0. The number of aromatic nitrogens is 3. The SMILES string of the molecule is Cn1c(SCCC2CCCC2(N)C(=O)O)n[nH]c1=O. The van der Waals surface area contributed by atoms with Crippen LogP contribution in [0, 0.1) is 5.92 Å². The molecule has 0 aromatic carbocycles. The summed E-state index contributed by atoms with van der Waals surface area (Å²) >= 11 is 1.44. The summed E-state index contributed by atoms with van der Waals surface area (Å²) in [7, 11) is 1.65. The molecule has 0 spiro atoms. The molecule has 1 saturated carbocycles. The van der Waals surface area contributed by atoms with Crippen LogP contribution in [-0.4, -0.2) is 37.1 Å². The zero-order chi connectivity index (χ0) is 14.0. The quantitative estimate of drug-likeness (QED) is 0.665. The smallest absolute Gasteiger partial charge is 0.343 e. The number of aromatic amines is 1. The van der Waals surface area contributed by atoms with Gasteiger partial charge in [-0.05, 0) is 25.2 Å². The third kappa shape index (κ3) is 2.69. The second-order valence-electron chi connectivity index (χ2n) is 4.94. The van der Waals surface area contributed by atoms with Crippen molar-refractivity contribution in [1.29, 1.82) is 0 Å². The fourth-order valence-electron chi connectivity index (χ4n) is 2.54. The van der Waals surface area contributed by atoms with E-state index in [-0.39, 0.29) is 11.6 Å². The first kappa shape index (κ1) is 14.1. The second kappa shape index (κ2) is 5.38. The van der Waals surface area contributed by atoms with Gasteiger partial charge >= 0.3 is 11.7 Å². The Morgan fingerprint density at radius 2 is 2.47 bits per heavy atom. The predicted octanol–water partition coefficient (Wildman–Crippen LogP) is 0.173. The van der Waals surface area contributed by atoms with Gasteiger partial charge in [-0.1, -0.05) is 18.2 Å². The van der Waals surface area contributed by atoms with Crippen LogP contribution >= 0.6 is 11.8 Å². The first-order valence-electron chi connectivity index (χ1n) is 6.21. The molecule has 1 aromatic rings. The van der Waals surface area contributed by atoms with E-state index in [2.05, 4.69) is 10.2 Å². The van der Waals surface area contributed by atoms with Gasteiger partial charge in [0.15, 0.2) is 5.16 Å². The minimum absolute atomic E-state index is 0.00605. The van der Waals surface area contributed by atoms with E-state index in [1.807, 2.05) is 0 Å². The highest BCUT2D eigenvalue weighted by molar-refractivity contribution is 7.99. The number of hydrogen-bond acceptors (Lipinski definition) is 5. The molecule has 7 nitrogen and oxygen atoms in total. The molecule has 106 valence electrons. The van der Waals surface area contributed by atoms with Crippen LogP contribution in [0.2, 0.25) is 0 Å². The molecule has 1 aromatic heterocycles. The van der Waals surface area contributed by atoms with Crippen molar-refractivity contribution < 1.29 is 9.90 Å². The third-order valence-electron chi connectivity index (χ3n) is 3.81. The molecule has 1 aliphatic carbocycles. The lowest BCUT2D eigenvalue weighted by Gasteiger charge is -2.26. The Hall–Kier alpha value is -1.28. The number of rotatable bonds is 5. The van der Waals surface area contributed by atoms with E-state index in [4.69, 9.17) is 5.73 Å². The predicted molar refractivity (Wildman–Crippen MR) is 71.1 cm³/mol. The molecule has 1 heterocycles. The maximum atomic E-state index is 11.2. The van der Waals surface area contributed by atoms with Gasteiger partial charge in [0, 0.05) is 12.8 Å². The van der Waals surface area contributed by atoms with Crippen molar-refractivity contribution in [2.24, 2.45) is 18.7 Å². The Labute approximate surface area is 114 Å².